The molecule has 1 amide bonds. The van der Waals surface area contributed by atoms with Gasteiger partial charge in [-0.3, -0.25) is 4.79 Å². The van der Waals surface area contributed by atoms with Crippen LogP contribution in [-0.4, -0.2) is 15.8 Å². The predicted molar refractivity (Wildman–Crippen MR) is 65.6 cm³/mol. The Bertz CT molecular complexity index is 437. The summed E-state index contributed by atoms with van der Waals surface area (Å²) in [5, 5.41) is 12.2. The maximum atomic E-state index is 11.3. The lowest BCUT2D eigenvalue weighted by Crippen LogP contribution is -2.10. The van der Waals surface area contributed by atoms with Crippen LogP contribution in [0.5, 0.6) is 0 Å². The number of aliphatic hydroxyl groups is 1. The standard InChI is InChI=1S/C12H15NO2S/c1-12(2,3)16-7-4-5-8-9(6-7)13-11(15)10(8)14/h4-6,10,14H,1-3H3,(H,13,15). The lowest BCUT2D eigenvalue weighted by Gasteiger charge is -2.17. The van der Waals surface area contributed by atoms with Crippen LogP contribution in [0.15, 0.2) is 23.1 Å². The number of hydrogen-bond donors (Lipinski definition) is 2. The summed E-state index contributed by atoms with van der Waals surface area (Å²) in [6.45, 7) is 6.41. The Morgan fingerprint density at radius 1 is 1.38 bits per heavy atom. The summed E-state index contributed by atoms with van der Waals surface area (Å²) in [7, 11) is 0. The first-order valence-electron chi connectivity index (χ1n) is 5.19. The Labute approximate surface area is 99.2 Å². The molecule has 0 aromatic heterocycles. The Morgan fingerprint density at radius 3 is 2.69 bits per heavy atom. The number of fused-ring (bicyclic) bond motifs is 1. The number of carbonyl (C=O) groups is 1. The third-order valence-electron chi connectivity index (χ3n) is 2.25. The van der Waals surface area contributed by atoms with Gasteiger partial charge in [-0.1, -0.05) is 26.8 Å². The molecule has 1 aromatic rings. The monoisotopic (exact) mass is 237 g/mol. The van der Waals surface area contributed by atoms with Gasteiger partial charge in [-0.15, -0.1) is 11.8 Å². The average Bonchev–Trinajstić information content (AvgIpc) is 2.40. The van der Waals surface area contributed by atoms with E-state index in [0.29, 0.717) is 5.56 Å². The Kier molecular flexibility index (Phi) is 2.72. The van der Waals surface area contributed by atoms with Crippen molar-refractivity contribution in [3.63, 3.8) is 0 Å². The van der Waals surface area contributed by atoms with Crippen LogP contribution in [-0.2, 0) is 4.79 Å². The second-order valence-corrected chi connectivity index (χ2v) is 6.76. The maximum absolute atomic E-state index is 11.3. The van der Waals surface area contributed by atoms with E-state index in [0.717, 1.165) is 10.6 Å². The zero-order valence-corrected chi connectivity index (χ0v) is 10.4. The van der Waals surface area contributed by atoms with Crippen molar-refractivity contribution in [1.82, 2.24) is 0 Å². The summed E-state index contributed by atoms with van der Waals surface area (Å²) in [5.41, 5.74) is 1.40. The van der Waals surface area contributed by atoms with Crippen LogP contribution in [0.25, 0.3) is 0 Å². The number of thioether (sulfide) groups is 1. The van der Waals surface area contributed by atoms with Crippen LogP contribution >= 0.6 is 11.8 Å². The van der Waals surface area contributed by atoms with Crippen molar-refractivity contribution < 1.29 is 9.90 Å². The van der Waals surface area contributed by atoms with Gasteiger partial charge < -0.3 is 10.4 Å². The molecule has 1 unspecified atom stereocenters. The molecule has 1 heterocycles. The van der Waals surface area contributed by atoms with Crippen molar-refractivity contribution in [1.29, 1.82) is 0 Å². The first kappa shape index (κ1) is 11.5. The number of hydrogen-bond acceptors (Lipinski definition) is 3. The van der Waals surface area contributed by atoms with E-state index in [9.17, 15) is 9.90 Å². The number of amides is 1. The van der Waals surface area contributed by atoms with Gasteiger partial charge in [0.15, 0.2) is 6.10 Å². The molecule has 1 aromatic carbocycles. The molecular weight excluding hydrogens is 222 g/mol. The molecule has 0 saturated heterocycles. The molecule has 1 aliphatic heterocycles. The minimum absolute atomic E-state index is 0.134. The molecule has 86 valence electrons. The van der Waals surface area contributed by atoms with E-state index < -0.39 is 6.10 Å². The summed E-state index contributed by atoms with van der Waals surface area (Å²) in [6.07, 6.45) is -1.01. The number of anilines is 1. The van der Waals surface area contributed by atoms with E-state index in [2.05, 4.69) is 26.1 Å². The van der Waals surface area contributed by atoms with Gasteiger partial charge in [-0.2, -0.15) is 0 Å². The highest BCUT2D eigenvalue weighted by Gasteiger charge is 2.28. The fourth-order valence-corrected chi connectivity index (χ4v) is 2.66. The van der Waals surface area contributed by atoms with E-state index in [-0.39, 0.29) is 10.7 Å². The minimum Gasteiger partial charge on any atom is -0.378 e. The third-order valence-corrected chi connectivity index (χ3v) is 3.35. The van der Waals surface area contributed by atoms with E-state index in [1.165, 1.54) is 0 Å². The first-order valence-corrected chi connectivity index (χ1v) is 6.00. The smallest absolute Gasteiger partial charge is 0.257 e. The van der Waals surface area contributed by atoms with Crippen LogP contribution in [0.3, 0.4) is 0 Å². The van der Waals surface area contributed by atoms with Gasteiger partial charge in [0.1, 0.15) is 0 Å². The van der Waals surface area contributed by atoms with Gasteiger partial charge in [-0.05, 0) is 12.1 Å². The second kappa shape index (κ2) is 3.79. The van der Waals surface area contributed by atoms with E-state index >= 15 is 0 Å². The Balaban J connectivity index is 2.29. The average molecular weight is 237 g/mol. The fourth-order valence-electron chi connectivity index (χ4n) is 1.64. The SMILES string of the molecule is CC(C)(C)Sc1ccc2c(c1)NC(=O)C2O. The van der Waals surface area contributed by atoms with Gasteiger partial charge in [0.25, 0.3) is 5.91 Å². The quantitative estimate of drug-likeness (QED) is 0.738. The molecule has 0 saturated carbocycles. The van der Waals surface area contributed by atoms with Gasteiger partial charge in [-0.25, -0.2) is 0 Å². The summed E-state index contributed by atoms with van der Waals surface area (Å²) in [4.78, 5) is 12.4. The lowest BCUT2D eigenvalue weighted by atomic mass is 10.1. The highest BCUT2D eigenvalue weighted by atomic mass is 32.2. The van der Waals surface area contributed by atoms with Crippen molar-refractivity contribution in [3.8, 4) is 0 Å². The van der Waals surface area contributed by atoms with Crippen LogP contribution < -0.4 is 5.32 Å². The van der Waals surface area contributed by atoms with Crippen molar-refractivity contribution in [2.45, 2.75) is 36.5 Å². The summed E-state index contributed by atoms with van der Waals surface area (Å²) >= 11 is 1.74. The molecule has 0 aliphatic carbocycles. The summed E-state index contributed by atoms with van der Waals surface area (Å²) in [6, 6.07) is 5.67. The summed E-state index contributed by atoms with van der Waals surface area (Å²) in [5.74, 6) is -0.340. The zero-order valence-electron chi connectivity index (χ0n) is 9.57. The first-order chi connectivity index (χ1) is 7.37. The van der Waals surface area contributed by atoms with Crippen LogP contribution in [0.2, 0.25) is 0 Å². The minimum atomic E-state index is -1.01. The number of aliphatic hydroxyl groups excluding tert-OH is 1. The lowest BCUT2D eigenvalue weighted by molar-refractivity contribution is -0.123. The number of benzene rings is 1. The van der Waals surface area contributed by atoms with Crippen molar-refractivity contribution in [2.24, 2.45) is 0 Å². The molecule has 4 heteroatoms. The highest BCUT2D eigenvalue weighted by molar-refractivity contribution is 8.00. The van der Waals surface area contributed by atoms with Gasteiger partial charge >= 0.3 is 0 Å². The topological polar surface area (TPSA) is 49.3 Å². The number of nitrogens with one attached hydrogen (secondary N) is 1. The molecule has 0 fully saturated rings. The van der Waals surface area contributed by atoms with Crippen LogP contribution in [0, 0.1) is 0 Å². The van der Waals surface area contributed by atoms with Crippen molar-refractivity contribution >= 4 is 23.4 Å². The molecule has 3 nitrogen and oxygen atoms in total. The molecular formula is C12H15NO2S. The van der Waals surface area contributed by atoms with E-state index in [4.69, 9.17) is 0 Å². The molecule has 0 bridgehead atoms. The Hall–Kier alpha value is -1.00. The third kappa shape index (κ3) is 2.23. The molecule has 0 radical (unpaired) electrons. The maximum Gasteiger partial charge on any atom is 0.257 e. The van der Waals surface area contributed by atoms with Gasteiger partial charge in [0.2, 0.25) is 0 Å². The zero-order chi connectivity index (χ0) is 11.9. The van der Waals surface area contributed by atoms with Crippen LogP contribution in [0.4, 0.5) is 5.69 Å². The van der Waals surface area contributed by atoms with Crippen molar-refractivity contribution in [2.75, 3.05) is 5.32 Å². The molecule has 1 aliphatic rings. The molecule has 0 spiro atoms. The van der Waals surface area contributed by atoms with Gasteiger partial charge in [0, 0.05) is 20.9 Å². The Morgan fingerprint density at radius 2 is 2.06 bits per heavy atom. The van der Waals surface area contributed by atoms with Crippen molar-refractivity contribution in [3.05, 3.63) is 23.8 Å². The number of carbonyl (C=O) groups excluding carboxylic acids is 1. The van der Waals surface area contributed by atoms with E-state index in [1.54, 1.807) is 11.8 Å². The second-order valence-electron chi connectivity index (χ2n) is 4.86. The molecule has 2 rings (SSSR count). The highest BCUT2D eigenvalue weighted by Crippen LogP contribution is 2.37. The predicted octanol–water partition coefficient (Wildman–Crippen LogP) is 2.56. The fraction of sp³-hybridized carbons (Fsp3) is 0.417. The largest absolute Gasteiger partial charge is 0.378 e. The van der Waals surface area contributed by atoms with Crippen LogP contribution in [0.1, 0.15) is 32.4 Å². The molecule has 16 heavy (non-hydrogen) atoms. The summed E-state index contributed by atoms with van der Waals surface area (Å²) < 4.78 is 0.134. The number of rotatable bonds is 1. The van der Waals surface area contributed by atoms with E-state index in [1.807, 2.05) is 18.2 Å². The normalized spacial score (nSPS) is 19.5. The molecule has 2 N–H and O–H groups in total. The van der Waals surface area contributed by atoms with Gasteiger partial charge in [0.05, 0.1) is 0 Å². The molecule has 1 atom stereocenters.